The van der Waals surface area contributed by atoms with Crippen molar-refractivity contribution in [2.45, 2.75) is 49.7 Å². The summed E-state index contributed by atoms with van der Waals surface area (Å²) in [5.74, 6) is -0.482. The van der Waals surface area contributed by atoms with Crippen molar-refractivity contribution in [3.63, 3.8) is 0 Å². The van der Waals surface area contributed by atoms with E-state index in [4.69, 9.17) is 14.3 Å². The zero-order chi connectivity index (χ0) is 24.0. The van der Waals surface area contributed by atoms with E-state index in [2.05, 4.69) is 10.8 Å². The second-order valence-corrected chi connectivity index (χ2v) is 12.2. The van der Waals surface area contributed by atoms with Gasteiger partial charge in [0.2, 0.25) is 5.91 Å². The van der Waals surface area contributed by atoms with Gasteiger partial charge in [-0.2, -0.15) is 0 Å². The van der Waals surface area contributed by atoms with Crippen molar-refractivity contribution in [3.05, 3.63) is 46.8 Å². The summed E-state index contributed by atoms with van der Waals surface area (Å²) in [5, 5.41) is 3.17. The van der Waals surface area contributed by atoms with Gasteiger partial charge in [0.25, 0.3) is 0 Å². The Hall–Kier alpha value is -1.82. The fourth-order valence-corrected chi connectivity index (χ4v) is 8.01. The van der Waals surface area contributed by atoms with Crippen LogP contribution in [-0.2, 0) is 40.3 Å². The van der Waals surface area contributed by atoms with E-state index >= 15 is 0 Å². The Balaban J connectivity index is 1.58. The lowest BCUT2D eigenvalue weighted by atomic mass is 9.97. The summed E-state index contributed by atoms with van der Waals surface area (Å²) in [6.07, 6.45) is 2.26. The Labute approximate surface area is 204 Å². The van der Waals surface area contributed by atoms with E-state index in [9.17, 15) is 13.2 Å². The van der Waals surface area contributed by atoms with E-state index in [-0.39, 0.29) is 12.2 Å². The molecule has 1 aromatic heterocycles. The molecule has 3 heterocycles. The van der Waals surface area contributed by atoms with Crippen molar-refractivity contribution in [1.29, 1.82) is 0 Å². The monoisotopic (exact) mass is 508 g/mol. The first-order valence-electron chi connectivity index (χ1n) is 11.6. The number of ether oxygens (including phenoxy) is 2. The maximum atomic E-state index is 13.5. The van der Waals surface area contributed by atoms with Crippen molar-refractivity contribution < 1.29 is 27.5 Å². The molecule has 1 amide bonds. The van der Waals surface area contributed by atoms with Gasteiger partial charge in [-0.1, -0.05) is 24.3 Å². The lowest BCUT2D eigenvalue weighted by Gasteiger charge is -2.31. The number of carbonyl (C=O) groups excluding carboxylic acids is 1. The number of hydrogen-bond donors (Lipinski definition) is 2. The van der Waals surface area contributed by atoms with Gasteiger partial charge < -0.3 is 14.8 Å². The first-order chi connectivity index (χ1) is 16.4. The van der Waals surface area contributed by atoms with Crippen molar-refractivity contribution in [1.82, 2.24) is 10.8 Å². The molecule has 2 atom stereocenters. The van der Waals surface area contributed by atoms with E-state index in [1.54, 1.807) is 7.11 Å². The number of thiophene rings is 1. The molecule has 0 radical (unpaired) electrons. The van der Waals surface area contributed by atoms with E-state index in [0.717, 1.165) is 28.8 Å². The molecule has 0 bridgehead atoms. The van der Waals surface area contributed by atoms with Crippen LogP contribution < -0.4 is 10.8 Å². The fraction of sp³-hybridized carbons (Fsp3) is 0.542. The van der Waals surface area contributed by atoms with Gasteiger partial charge in [-0.25, -0.2) is 18.7 Å². The van der Waals surface area contributed by atoms with Crippen LogP contribution in [0.1, 0.15) is 42.5 Å². The van der Waals surface area contributed by atoms with E-state index < -0.39 is 26.8 Å². The quantitative estimate of drug-likeness (QED) is 0.528. The highest BCUT2D eigenvalue weighted by atomic mass is 32.2. The molecule has 34 heavy (non-hydrogen) atoms. The number of nitrogens with one attached hydrogen (secondary N) is 2. The van der Waals surface area contributed by atoms with Gasteiger partial charge in [0.15, 0.2) is 16.1 Å². The minimum Gasteiger partial charge on any atom is -0.380 e. The first-order valence-corrected chi connectivity index (χ1v) is 14.1. The van der Waals surface area contributed by atoms with Crippen LogP contribution >= 0.6 is 11.3 Å². The molecule has 0 saturated carbocycles. The number of rotatable bonds is 8. The molecule has 186 valence electrons. The fourth-order valence-electron chi connectivity index (χ4n) is 4.44. The number of sulfone groups is 1. The lowest BCUT2D eigenvalue weighted by Crippen LogP contribution is -2.43. The van der Waals surface area contributed by atoms with Crippen LogP contribution in [0, 0.1) is 0 Å². The van der Waals surface area contributed by atoms with Crippen LogP contribution in [0.2, 0.25) is 0 Å². The molecule has 0 spiro atoms. The number of amides is 1. The average molecular weight is 509 g/mol. The number of hydroxylamine groups is 1. The van der Waals surface area contributed by atoms with Gasteiger partial charge >= 0.3 is 0 Å². The molecule has 4 rings (SSSR count). The van der Waals surface area contributed by atoms with Crippen molar-refractivity contribution in [3.8, 4) is 10.4 Å². The molecule has 2 aliphatic rings. The predicted molar refractivity (Wildman–Crippen MR) is 131 cm³/mol. The maximum Gasteiger partial charge on any atom is 0.245 e. The molecular weight excluding hydrogens is 476 g/mol. The SMILES string of the molecule is COCc1ccc(-c2ccc(C3(CC(=O)NOC4CCCCO4)CCNCCS3(=O)=O)s2)cc1. The molecular formula is C24H32N2O6S2. The van der Waals surface area contributed by atoms with Gasteiger partial charge in [-0.05, 0) is 49.1 Å². The van der Waals surface area contributed by atoms with E-state index in [0.29, 0.717) is 44.0 Å². The second kappa shape index (κ2) is 11.3. The summed E-state index contributed by atoms with van der Waals surface area (Å²) in [6, 6.07) is 11.8. The van der Waals surface area contributed by atoms with Gasteiger partial charge in [0.1, 0.15) is 4.75 Å². The van der Waals surface area contributed by atoms with Gasteiger partial charge in [-0.3, -0.25) is 4.79 Å². The Morgan fingerprint density at radius 3 is 2.76 bits per heavy atom. The summed E-state index contributed by atoms with van der Waals surface area (Å²) in [7, 11) is -1.96. The topological polar surface area (TPSA) is 103 Å². The average Bonchev–Trinajstić information content (AvgIpc) is 3.28. The highest BCUT2D eigenvalue weighted by Gasteiger charge is 2.48. The Kier molecular flexibility index (Phi) is 8.39. The zero-order valence-electron chi connectivity index (χ0n) is 19.4. The molecule has 1 aromatic carbocycles. The lowest BCUT2D eigenvalue weighted by molar-refractivity contribution is -0.200. The maximum absolute atomic E-state index is 13.5. The second-order valence-electron chi connectivity index (χ2n) is 8.72. The molecule has 2 N–H and O–H groups in total. The Morgan fingerprint density at radius 1 is 1.21 bits per heavy atom. The summed E-state index contributed by atoms with van der Waals surface area (Å²) in [4.78, 5) is 20.0. The molecule has 2 saturated heterocycles. The van der Waals surface area contributed by atoms with Crippen LogP contribution in [-0.4, -0.2) is 53.2 Å². The molecule has 0 aliphatic carbocycles. The minimum atomic E-state index is -3.61. The number of benzene rings is 1. The molecule has 2 aromatic rings. The zero-order valence-corrected chi connectivity index (χ0v) is 21.0. The molecule has 8 nitrogen and oxygen atoms in total. The highest BCUT2D eigenvalue weighted by molar-refractivity contribution is 7.92. The number of carbonyl (C=O) groups is 1. The van der Waals surface area contributed by atoms with Crippen molar-refractivity contribution >= 4 is 27.1 Å². The third-order valence-electron chi connectivity index (χ3n) is 6.34. The van der Waals surface area contributed by atoms with Crippen LogP contribution in [0.4, 0.5) is 0 Å². The molecule has 2 fully saturated rings. The molecule has 10 heteroatoms. The summed E-state index contributed by atoms with van der Waals surface area (Å²) in [5.41, 5.74) is 4.52. The predicted octanol–water partition coefficient (Wildman–Crippen LogP) is 3.13. The molecule has 2 unspecified atom stereocenters. The van der Waals surface area contributed by atoms with Crippen LogP contribution in [0.25, 0.3) is 10.4 Å². The van der Waals surface area contributed by atoms with Gasteiger partial charge in [-0.15, -0.1) is 11.3 Å². The summed E-state index contributed by atoms with van der Waals surface area (Å²) >= 11 is 1.43. The summed E-state index contributed by atoms with van der Waals surface area (Å²) in [6.45, 7) is 2.01. The third kappa shape index (κ3) is 5.69. The smallest absolute Gasteiger partial charge is 0.245 e. The highest BCUT2D eigenvalue weighted by Crippen LogP contribution is 2.44. The number of hydrogen-bond acceptors (Lipinski definition) is 8. The van der Waals surface area contributed by atoms with Crippen molar-refractivity contribution in [2.75, 3.05) is 32.6 Å². The van der Waals surface area contributed by atoms with E-state index in [1.165, 1.54) is 11.3 Å². The molecule has 2 aliphatic heterocycles. The first kappa shape index (κ1) is 25.3. The largest absolute Gasteiger partial charge is 0.380 e. The normalized spacial score (nSPS) is 24.9. The van der Waals surface area contributed by atoms with Crippen LogP contribution in [0.5, 0.6) is 0 Å². The standard InChI is InChI=1S/C24H32N2O6S2/c1-30-17-18-5-7-19(8-6-18)20-9-10-21(33-20)24(11-12-25-13-15-34(24,28)29)16-22(27)26-32-23-4-2-3-14-31-23/h5-10,23,25H,2-4,11-17H2,1H3,(H,26,27). The Morgan fingerprint density at radius 2 is 2.03 bits per heavy atom. The van der Waals surface area contributed by atoms with Gasteiger partial charge in [0.05, 0.1) is 18.8 Å². The van der Waals surface area contributed by atoms with E-state index in [1.807, 2.05) is 36.4 Å². The van der Waals surface area contributed by atoms with Crippen molar-refractivity contribution in [2.24, 2.45) is 0 Å². The Bertz CT molecular complexity index is 1060. The summed E-state index contributed by atoms with van der Waals surface area (Å²) < 4.78 is 36.4. The minimum absolute atomic E-state index is 0.0220. The van der Waals surface area contributed by atoms with Gasteiger partial charge in [0, 0.05) is 36.4 Å². The number of methoxy groups -OCH3 is 1. The third-order valence-corrected chi connectivity index (χ3v) is 10.3. The van der Waals surface area contributed by atoms with Crippen LogP contribution in [0.15, 0.2) is 36.4 Å². The van der Waals surface area contributed by atoms with Crippen LogP contribution in [0.3, 0.4) is 0 Å².